The van der Waals surface area contributed by atoms with Crippen LogP contribution in [0.15, 0.2) is 42.5 Å². The summed E-state index contributed by atoms with van der Waals surface area (Å²) >= 11 is 6.05. The number of benzene rings is 2. The Morgan fingerprint density at radius 3 is 2.52 bits per heavy atom. The van der Waals surface area contributed by atoms with Gasteiger partial charge in [0.15, 0.2) is 0 Å². The van der Waals surface area contributed by atoms with Crippen molar-refractivity contribution >= 4 is 40.1 Å². The van der Waals surface area contributed by atoms with Crippen LogP contribution in [0.4, 0.5) is 5.69 Å². The molecule has 3 rings (SSSR count). The molecule has 0 fully saturated rings. The number of fused-ring (bicyclic) bond motifs is 1. The quantitative estimate of drug-likeness (QED) is 0.565. The van der Waals surface area contributed by atoms with E-state index in [1.807, 2.05) is 0 Å². The second-order valence-electron chi connectivity index (χ2n) is 5.34. The van der Waals surface area contributed by atoms with Crippen molar-refractivity contribution in [2.45, 2.75) is 6.92 Å². The summed E-state index contributed by atoms with van der Waals surface area (Å²) < 4.78 is 1.21. The maximum atomic E-state index is 13.0. The van der Waals surface area contributed by atoms with Crippen LogP contribution in [0, 0.1) is 17.0 Å². The number of nitrogens with zero attached hydrogens (tertiary/aromatic N) is 2. The number of carbonyl (C=O) groups excluding carboxylic acids is 1. The van der Waals surface area contributed by atoms with Gasteiger partial charge in [0.2, 0.25) is 0 Å². The van der Waals surface area contributed by atoms with Gasteiger partial charge in [0.05, 0.1) is 26.6 Å². The molecule has 0 aliphatic heterocycles. The van der Waals surface area contributed by atoms with Crippen molar-refractivity contribution in [3.63, 3.8) is 0 Å². The van der Waals surface area contributed by atoms with Crippen molar-refractivity contribution in [2.24, 2.45) is 0 Å². The summed E-state index contributed by atoms with van der Waals surface area (Å²) in [5, 5.41) is 20.9. The third-order valence-corrected chi connectivity index (χ3v) is 4.25. The Labute approximate surface area is 146 Å². The zero-order valence-corrected chi connectivity index (χ0v) is 13.6. The molecule has 1 heterocycles. The van der Waals surface area contributed by atoms with Crippen molar-refractivity contribution in [3.05, 3.63) is 74.4 Å². The summed E-state index contributed by atoms with van der Waals surface area (Å²) in [5.74, 6) is -1.79. The molecule has 1 N–H and O–H groups in total. The van der Waals surface area contributed by atoms with E-state index in [2.05, 4.69) is 0 Å². The van der Waals surface area contributed by atoms with Gasteiger partial charge in [0, 0.05) is 23.2 Å². The number of non-ortho nitro benzene ring substituents is 1. The number of aromatic carboxylic acids is 1. The number of para-hydroxylation sites is 1. The van der Waals surface area contributed by atoms with Gasteiger partial charge in [-0.3, -0.25) is 19.5 Å². The predicted molar refractivity (Wildman–Crippen MR) is 91.5 cm³/mol. The van der Waals surface area contributed by atoms with Crippen LogP contribution in [0.25, 0.3) is 10.9 Å². The number of nitro benzene ring substituents is 1. The molecule has 0 bridgehead atoms. The summed E-state index contributed by atoms with van der Waals surface area (Å²) in [7, 11) is 0. The van der Waals surface area contributed by atoms with Crippen LogP contribution in [-0.2, 0) is 0 Å². The van der Waals surface area contributed by atoms with Gasteiger partial charge in [-0.05, 0) is 19.1 Å². The Morgan fingerprint density at radius 1 is 1.20 bits per heavy atom. The monoisotopic (exact) mass is 358 g/mol. The summed E-state index contributed by atoms with van der Waals surface area (Å²) in [6.45, 7) is 1.51. The smallest absolute Gasteiger partial charge is 0.338 e. The number of carboxylic acid groups (broad SMARTS) is 1. The van der Waals surface area contributed by atoms with E-state index in [-0.39, 0.29) is 27.5 Å². The summed E-state index contributed by atoms with van der Waals surface area (Å²) in [6.07, 6.45) is 0. The topological polar surface area (TPSA) is 102 Å². The third-order valence-electron chi connectivity index (χ3n) is 3.92. The minimum absolute atomic E-state index is 0.00510. The Bertz CT molecular complexity index is 1050. The van der Waals surface area contributed by atoms with Crippen molar-refractivity contribution in [2.75, 3.05) is 0 Å². The molecule has 0 unspecified atom stereocenters. The van der Waals surface area contributed by atoms with Crippen molar-refractivity contribution in [3.8, 4) is 0 Å². The van der Waals surface area contributed by atoms with Gasteiger partial charge in [-0.2, -0.15) is 0 Å². The largest absolute Gasteiger partial charge is 0.478 e. The average Bonchev–Trinajstić information content (AvgIpc) is 2.86. The Kier molecular flexibility index (Phi) is 4.02. The molecule has 3 aromatic rings. The number of carbonyl (C=O) groups is 2. The lowest BCUT2D eigenvalue weighted by Gasteiger charge is -2.08. The van der Waals surface area contributed by atoms with Gasteiger partial charge >= 0.3 is 5.97 Å². The second kappa shape index (κ2) is 6.03. The SMILES string of the molecule is Cc1c(C(=O)O)c2ccccc2n1C(=O)c1cc([N+](=O)[O-])ccc1Cl. The average molecular weight is 359 g/mol. The zero-order valence-electron chi connectivity index (χ0n) is 12.9. The molecule has 0 radical (unpaired) electrons. The lowest BCUT2D eigenvalue weighted by atomic mass is 10.1. The summed E-state index contributed by atoms with van der Waals surface area (Å²) in [4.78, 5) is 34.9. The van der Waals surface area contributed by atoms with Crippen molar-refractivity contribution < 1.29 is 19.6 Å². The van der Waals surface area contributed by atoms with E-state index in [0.29, 0.717) is 10.9 Å². The number of aromatic nitrogens is 1. The highest BCUT2D eigenvalue weighted by Gasteiger charge is 2.25. The van der Waals surface area contributed by atoms with Crippen LogP contribution in [0.5, 0.6) is 0 Å². The van der Waals surface area contributed by atoms with Gasteiger partial charge in [-0.1, -0.05) is 29.8 Å². The number of hydrogen-bond acceptors (Lipinski definition) is 4. The van der Waals surface area contributed by atoms with Crippen molar-refractivity contribution in [1.29, 1.82) is 0 Å². The molecule has 126 valence electrons. The molecule has 7 nitrogen and oxygen atoms in total. The molecule has 1 aromatic heterocycles. The first-order valence-corrected chi connectivity index (χ1v) is 7.52. The van der Waals surface area contributed by atoms with Crippen LogP contribution in [0.1, 0.15) is 26.4 Å². The number of halogens is 1. The second-order valence-corrected chi connectivity index (χ2v) is 5.75. The highest BCUT2D eigenvalue weighted by molar-refractivity contribution is 6.34. The minimum Gasteiger partial charge on any atom is -0.478 e. The van der Waals surface area contributed by atoms with E-state index in [1.54, 1.807) is 24.3 Å². The summed E-state index contributed by atoms with van der Waals surface area (Å²) in [5.41, 5.74) is 0.272. The molecule has 0 spiro atoms. The predicted octanol–water partition coefficient (Wildman–Crippen LogP) is 3.90. The molecular formula is C17H11ClN2O5. The van der Waals surface area contributed by atoms with Crippen LogP contribution in [0.3, 0.4) is 0 Å². The maximum Gasteiger partial charge on any atom is 0.338 e. The zero-order chi connectivity index (χ0) is 18.3. The fraction of sp³-hybridized carbons (Fsp3) is 0.0588. The van der Waals surface area contributed by atoms with E-state index in [0.717, 1.165) is 6.07 Å². The Balaban J connectivity index is 2.29. The highest BCUT2D eigenvalue weighted by atomic mass is 35.5. The fourth-order valence-corrected chi connectivity index (χ4v) is 3.01. The van der Waals surface area contributed by atoms with E-state index >= 15 is 0 Å². The van der Waals surface area contributed by atoms with E-state index < -0.39 is 16.8 Å². The van der Waals surface area contributed by atoms with Crippen LogP contribution >= 0.6 is 11.6 Å². The fourth-order valence-electron chi connectivity index (χ4n) is 2.81. The highest BCUT2D eigenvalue weighted by Crippen LogP contribution is 2.29. The molecule has 8 heteroatoms. The first-order chi connectivity index (χ1) is 11.8. The Morgan fingerprint density at radius 2 is 1.88 bits per heavy atom. The van der Waals surface area contributed by atoms with Crippen molar-refractivity contribution in [1.82, 2.24) is 4.57 Å². The molecule has 2 aromatic carbocycles. The minimum atomic E-state index is -1.16. The van der Waals surface area contributed by atoms with Gasteiger partial charge in [0.25, 0.3) is 11.6 Å². The molecule has 25 heavy (non-hydrogen) atoms. The number of rotatable bonds is 3. The molecule has 0 saturated carbocycles. The van der Waals surface area contributed by atoms with E-state index in [4.69, 9.17) is 11.6 Å². The van der Waals surface area contributed by atoms with Crippen LogP contribution in [0.2, 0.25) is 5.02 Å². The number of hydrogen-bond donors (Lipinski definition) is 1. The number of nitro groups is 1. The van der Waals surface area contributed by atoms with Gasteiger partial charge in [0.1, 0.15) is 0 Å². The van der Waals surface area contributed by atoms with E-state index in [9.17, 15) is 24.8 Å². The standard InChI is InChI=1S/C17H11ClN2O5/c1-9-15(17(22)23)11-4-2-3-5-14(11)19(9)16(21)12-8-10(20(24)25)6-7-13(12)18/h2-8H,1H3,(H,22,23). The maximum absolute atomic E-state index is 13.0. The molecule has 0 aliphatic rings. The van der Waals surface area contributed by atoms with Crippen LogP contribution in [-0.4, -0.2) is 26.5 Å². The van der Waals surface area contributed by atoms with Gasteiger partial charge in [-0.25, -0.2) is 4.79 Å². The Hall–Kier alpha value is -3.19. The van der Waals surface area contributed by atoms with Crippen LogP contribution < -0.4 is 0 Å². The normalized spacial score (nSPS) is 10.8. The molecule has 0 amide bonds. The lowest BCUT2D eigenvalue weighted by molar-refractivity contribution is -0.384. The van der Waals surface area contributed by atoms with E-state index in [1.165, 1.54) is 23.6 Å². The van der Waals surface area contributed by atoms with Gasteiger partial charge < -0.3 is 5.11 Å². The molecule has 0 atom stereocenters. The lowest BCUT2D eigenvalue weighted by Crippen LogP contribution is -2.15. The molecule has 0 saturated heterocycles. The molecular weight excluding hydrogens is 348 g/mol. The first kappa shape index (κ1) is 16.7. The molecule has 0 aliphatic carbocycles. The summed E-state index contributed by atoms with van der Waals surface area (Å²) in [6, 6.07) is 10.1. The number of carboxylic acids is 1. The first-order valence-electron chi connectivity index (χ1n) is 7.15. The third kappa shape index (κ3) is 2.64. The van der Waals surface area contributed by atoms with Gasteiger partial charge in [-0.15, -0.1) is 0 Å².